The van der Waals surface area contributed by atoms with Gasteiger partial charge in [0.25, 0.3) is 5.56 Å². The number of likely N-dealkylation sites (tertiary alicyclic amines) is 2. The van der Waals surface area contributed by atoms with Gasteiger partial charge in [0.15, 0.2) is 0 Å². The summed E-state index contributed by atoms with van der Waals surface area (Å²) in [6, 6.07) is 4.65. The van der Waals surface area contributed by atoms with E-state index < -0.39 is 0 Å². The van der Waals surface area contributed by atoms with Gasteiger partial charge in [0.2, 0.25) is 5.91 Å². The molecule has 0 aliphatic carbocycles. The zero-order valence-electron chi connectivity index (χ0n) is 15.8. The molecule has 5 heterocycles. The number of morpholine rings is 1. The minimum Gasteiger partial charge on any atom is -0.375 e. The summed E-state index contributed by atoms with van der Waals surface area (Å²) in [5.41, 5.74) is 2.20. The summed E-state index contributed by atoms with van der Waals surface area (Å²) in [7, 11) is 0. The van der Waals surface area contributed by atoms with E-state index in [-0.39, 0.29) is 11.5 Å². The number of pyridine rings is 1. The maximum absolute atomic E-state index is 13.2. The molecule has 3 saturated heterocycles. The number of piperidine rings is 1. The summed E-state index contributed by atoms with van der Waals surface area (Å²) in [5.74, 6) is 1.47. The van der Waals surface area contributed by atoms with Crippen molar-refractivity contribution in [1.29, 1.82) is 0 Å². The van der Waals surface area contributed by atoms with Crippen LogP contribution >= 0.6 is 11.8 Å². The van der Waals surface area contributed by atoms with E-state index in [0.717, 1.165) is 63.4 Å². The van der Waals surface area contributed by atoms with Crippen molar-refractivity contribution in [2.75, 3.05) is 38.2 Å². The predicted octanol–water partition coefficient (Wildman–Crippen LogP) is 1.13. The third kappa shape index (κ3) is 3.13. The van der Waals surface area contributed by atoms with Crippen LogP contribution in [-0.2, 0) is 22.6 Å². The van der Waals surface area contributed by atoms with E-state index in [0.29, 0.717) is 29.7 Å². The van der Waals surface area contributed by atoms with Crippen LogP contribution in [0.3, 0.4) is 0 Å². The quantitative estimate of drug-likeness (QED) is 0.773. The molecule has 4 bridgehead atoms. The molecule has 0 radical (unpaired) electrons. The third-order valence-corrected chi connectivity index (χ3v) is 7.23. The fourth-order valence-electron chi connectivity index (χ4n) is 5.42. The minimum absolute atomic E-state index is 0.176. The molecule has 1 aromatic rings. The molecule has 4 aliphatic rings. The largest absolute Gasteiger partial charge is 0.375 e. The monoisotopic (exact) mass is 389 g/mol. The molecule has 6 nitrogen and oxygen atoms in total. The number of amides is 1. The molecule has 27 heavy (non-hydrogen) atoms. The van der Waals surface area contributed by atoms with Gasteiger partial charge in [0.1, 0.15) is 0 Å². The van der Waals surface area contributed by atoms with Crippen molar-refractivity contribution in [3.05, 3.63) is 33.7 Å². The average Bonchev–Trinajstić information content (AvgIpc) is 3.27. The van der Waals surface area contributed by atoms with Gasteiger partial charge in [-0.1, -0.05) is 6.07 Å². The maximum atomic E-state index is 13.2. The standard InChI is InChI=1S/C20H27N3O3S/c1-27-12-19(24)22-6-13-4-15(9-22)18-3-2-14(20(25)23(18)7-13)8-21-10-17-5-16(21)11-26-17/h2-3,13,15-17H,4-12H2,1H3/t13-,15+,16+,17+/m0/s1. The Balaban J connectivity index is 1.37. The molecule has 4 atom stereocenters. The van der Waals surface area contributed by atoms with E-state index in [2.05, 4.69) is 11.0 Å². The Morgan fingerprint density at radius 2 is 2.11 bits per heavy atom. The van der Waals surface area contributed by atoms with Gasteiger partial charge in [0.05, 0.1) is 18.5 Å². The van der Waals surface area contributed by atoms with Gasteiger partial charge < -0.3 is 14.2 Å². The molecule has 3 fully saturated rings. The Labute approximate surface area is 163 Å². The van der Waals surface area contributed by atoms with E-state index in [1.165, 1.54) is 0 Å². The number of nitrogens with zero attached hydrogens (tertiary/aromatic N) is 3. The summed E-state index contributed by atoms with van der Waals surface area (Å²) in [6.07, 6.45) is 4.53. The normalized spacial score (nSPS) is 32.0. The predicted molar refractivity (Wildman–Crippen MR) is 105 cm³/mol. The van der Waals surface area contributed by atoms with Gasteiger partial charge in [0, 0.05) is 55.9 Å². The molecular weight excluding hydrogens is 362 g/mol. The van der Waals surface area contributed by atoms with Crippen LogP contribution < -0.4 is 5.56 Å². The van der Waals surface area contributed by atoms with E-state index in [1.54, 1.807) is 11.8 Å². The molecule has 1 amide bonds. The lowest BCUT2D eigenvalue weighted by Gasteiger charge is -2.43. The Bertz CT molecular complexity index is 810. The molecule has 4 aliphatic heterocycles. The summed E-state index contributed by atoms with van der Waals surface area (Å²) in [5, 5.41) is 0. The summed E-state index contributed by atoms with van der Waals surface area (Å²) < 4.78 is 7.69. The summed E-state index contributed by atoms with van der Waals surface area (Å²) in [4.78, 5) is 29.9. The van der Waals surface area contributed by atoms with Gasteiger partial charge in [-0.05, 0) is 31.1 Å². The molecular formula is C20H27N3O3S. The van der Waals surface area contributed by atoms with Gasteiger partial charge in [-0.3, -0.25) is 14.5 Å². The van der Waals surface area contributed by atoms with Crippen LogP contribution in [0, 0.1) is 5.92 Å². The van der Waals surface area contributed by atoms with E-state index in [9.17, 15) is 9.59 Å². The molecule has 7 heteroatoms. The topological polar surface area (TPSA) is 54.8 Å². The molecule has 1 aromatic heterocycles. The van der Waals surface area contributed by atoms with Crippen molar-refractivity contribution < 1.29 is 9.53 Å². The maximum Gasteiger partial charge on any atom is 0.255 e. The second-order valence-electron chi connectivity index (χ2n) is 8.50. The summed E-state index contributed by atoms with van der Waals surface area (Å²) >= 11 is 1.58. The number of carbonyl (C=O) groups is 1. The lowest BCUT2D eigenvalue weighted by molar-refractivity contribution is -0.131. The zero-order valence-corrected chi connectivity index (χ0v) is 16.6. The number of thioether (sulfide) groups is 1. The third-order valence-electron chi connectivity index (χ3n) is 6.69. The zero-order chi connectivity index (χ0) is 18.5. The molecule has 0 unspecified atom stereocenters. The highest BCUT2D eigenvalue weighted by Gasteiger charge is 2.40. The van der Waals surface area contributed by atoms with E-state index >= 15 is 0 Å². The van der Waals surface area contributed by atoms with Crippen molar-refractivity contribution in [2.24, 2.45) is 5.92 Å². The van der Waals surface area contributed by atoms with Crippen LogP contribution in [0.2, 0.25) is 0 Å². The van der Waals surface area contributed by atoms with E-state index in [4.69, 9.17) is 4.74 Å². The lowest BCUT2D eigenvalue weighted by atomic mass is 9.83. The number of fused-ring (bicyclic) bond motifs is 6. The molecule has 5 rings (SSSR count). The highest BCUT2D eigenvalue weighted by molar-refractivity contribution is 7.99. The van der Waals surface area contributed by atoms with Crippen LogP contribution in [0.15, 0.2) is 16.9 Å². The molecule has 0 aromatic carbocycles. The van der Waals surface area contributed by atoms with Crippen molar-refractivity contribution >= 4 is 17.7 Å². The number of ether oxygens (including phenoxy) is 1. The Kier molecular flexibility index (Phi) is 4.57. The van der Waals surface area contributed by atoms with Crippen molar-refractivity contribution in [2.45, 2.75) is 44.0 Å². The molecule has 0 N–H and O–H groups in total. The molecule has 146 valence electrons. The fraction of sp³-hybridized carbons (Fsp3) is 0.700. The number of aromatic nitrogens is 1. The van der Waals surface area contributed by atoms with Crippen LogP contribution in [0.4, 0.5) is 0 Å². The SMILES string of the molecule is CSCC(=O)N1C[C@@H]2C[C@H](C1)c1ccc(CN3C[C@H]4C[C@@H]3CO4)c(=O)n1C2. The molecule has 0 saturated carbocycles. The van der Waals surface area contributed by atoms with Gasteiger partial charge in [-0.15, -0.1) is 0 Å². The Morgan fingerprint density at radius 1 is 1.22 bits per heavy atom. The fourth-order valence-corrected chi connectivity index (χ4v) is 5.85. The van der Waals surface area contributed by atoms with Crippen LogP contribution in [0.5, 0.6) is 0 Å². The number of hydrogen-bond donors (Lipinski definition) is 0. The van der Waals surface area contributed by atoms with Crippen LogP contribution in [0.25, 0.3) is 0 Å². The first kappa shape index (κ1) is 17.8. The van der Waals surface area contributed by atoms with E-state index in [1.807, 2.05) is 21.8 Å². The second-order valence-corrected chi connectivity index (χ2v) is 9.37. The second kappa shape index (κ2) is 6.94. The lowest BCUT2D eigenvalue weighted by Crippen LogP contribution is -2.50. The average molecular weight is 390 g/mol. The number of carbonyl (C=O) groups excluding carboxylic acids is 1. The number of rotatable bonds is 4. The summed E-state index contributed by atoms with van der Waals surface area (Å²) in [6.45, 7) is 4.78. The first-order chi connectivity index (χ1) is 13.1. The van der Waals surface area contributed by atoms with Crippen molar-refractivity contribution in [1.82, 2.24) is 14.4 Å². The highest BCUT2D eigenvalue weighted by Crippen LogP contribution is 2.35. The van der Waals surface area contributed by atoms with Crippen molar-refractivity contribution in [3.8, 4) is 0 Å². The first-order valence-electron chi connectivity index (χ1n) is 9.97. The Morgan fingerprint density at radius 3 is 2.85 bits per heavy atom. The van der Waals surface area contributed by atoms with Gasteiger partial charge >= 0.3 is 0 Å². The number of hydrogen-bond acceptors (Lipinski definition) is 5. The highest BCUT2D eigenvalue weighted by atomic mass is 32.2. The minimum atomic E-state index is 0.176. The Hall–Kier alpha value is -1.31. The molecule has 0 spiro atoms. The van der Waals surface area contributed by atoms with Gasteiger partial charge in [-0.2, -0.15) is 11.8 Å². The van der Waals surface area contributed by atoms with Crippen LogP contribution in [-0.4, -0.2) is 70.7 Å². The first-order valence-corrected chi connectivity index (χ1v) is 11.4. The van der Waals surface area contributed by atoms with Gasteiger partial charge in [-0.25, -0.2) is 0 Å². The smallest absolute Gasteiger partial charge is 0.255 e. The van der Waals surface area contributed by atoms with Crippen LogP contribution in [0.1, 0.15) is 30.0 Å². The van der Waals surface area contributed by atoms with Crippen molar-refractivity contribution in [3.63, 3.8) is 0 Å².